The fraction of sp³-hybridized carbons (Fsp3) is 0.391. The smallest absolute Gasteiger partial charge is 0.261 e. The van der Waals surface area contributed by atoms with Crippen LogP contribution in [0.25, 0.3) is 0 Å². The second-order valence-electron chi connectivity index (χ2n) is 8.32. The minimum absolute atomic E-state index is 0.103. The third-order valence-corrected chi connectivity index (χ3v) is 7.48. The normalized spacial score (nSPS) is 22.5. The molecular formula is C23H26FN3O6S. The van der Waals surface area contributed by atoms with Crippen LogP contribution in [0, 0.1) is 5.82 Å². The molecule has 0 bridgehead atoms. The molecule has 1 fully saturated rings. The van der Waals surface area contributed by atoms with Crippen LogP contribution in [0.5, 0.6) is 5.75 Å². The van der Waals surface area contributed by atoms with E-state index in [-0.39, 0.29) is 53.1 Å². The molecule has 0 spiro atoms. The van der Waals surface area contributed by atoms with Gasteiger partial charge in [-0.1, -0.05) is 0 Å². The Hall–Kier alpha value is -3.18. The number of hydrogen-bond donors (Lipinski definition) is 2. The van der Waals surface area contributed by atoms with Gasteiger partial charge in [-0.15, -0.1) is 0 Å². The number of carbonyl (C=O) groups is 2. The Bertz CT molecular complexity index is 1190. The molecule has 0 radical (unpaired) electrons. The Morgan fingerprint density at radius 1 is 1.18 bits per heavy atom. The number of nitrogens with one attached hydrogen (secondary N) is 2. The molecule has 34 heavy (non-hydrogen) atoms. The van der Waals surface area contributed by atoms with E-state index in [1.54, 1.807) is 19.0 Å². The quantitative estimate of drug-likeness (QED) is 0.663. The number of hydrogen-bond acceptors (Lipinski definition) is 6. The molecule has 3 atom stereocenters. The number of nitrogens with zero attached hydrogens (tertiary/aromatic N) is 1. The van der Waals surface area contributed by atoms with E-state index in [1.165, 1.54) is 18.2 Å². The van der Waals surface area contributed by atoms with Crippen molar-refractivity contribution in [3.05, 3.63) is 53.8 Å². The van der Waals surface area contributed by atoms with Crippen LogP contribution in [0.15, 0.2) is 47.4 Å². The van der Waals surface area contributed by atoms with E-state index >= 15 is 0 Å². The van der Waals surface area contributed by atoms with Gasteiger partial charge in [-0.2, -0.15) is 0 Å². The highest BCUT2D eigenvalue weighted by Gasteiger charge is 2.39. The number of benzene rings is 2. The van der Waals surface area contributed by atoms with Crippen molar-refractivity contribution in [2.75, 3.05) is 25.4 Å². The lowest BCUT2D eigenvalue weighted by Gasteiger charge is -2.42. The summed E-state index contributed by atoms with van der Waals surface area (Å²) in [5, 5.41) is 2.59. The van der Waals surface area contributed by atoms with Crippen LogP contribution in [0.2, 0.25) is 0 Å². The zero-order valence-corrected chi connectivity index (χ0v) is 19.6. The molecule has 0 saturated carbocycles. The van der Waals surface area contributed by atoms with Gasteiger partial charge in [0.25, 0.3) is 15.9 Å². The molecule has 2 amide bonds. The molecule has 9 nitrogen and oxygen atoms in total. The molecular weight excluding hydrogens is 465 g/mol. The first-order valence-electron chi connectivity index (χ1n) is 10.9. The minimum Gasteiger partial charge on any atom is -0.490 e. The maximum atomic E-state index is 13.3. The molecule has 2 aliphatic rings. The highest BCUT2D eigenvalue weighted by Crippen LogP contribution is 2.33. The Balaban J connectivity index is 1.55. The Morgan fingerprint density at radius 3 is 2.62 bits per heavy atom. The molecule has 0 unspecified atom stereocenters. The molecule has 2 N–H and O–H groups in total. The van der Waals surface area contributed by atoms with Gasteiger partial charge in [0.15, 0.2) is 0 Å². The number of rotatable bonds is 5. The average molecular weight is 492 g/mol. The first kappa shape index (κ1) is 24.0. The summed E-state index contributed by atoms with van der Waals surface area (Å²) >= 11 is 0. The van der Waals surface area contributed by atoms with Crippen LogP contribution in [0.3, 0.4) is 0 Å². The van der Waals surface area contributed by atoms with E-state index in [2.05, 4.69) is 10.0 Å². The Morgan fingerprint density at radius 2 is 1.91 bits per heavy atom. The number of ether oxygens (including phenoxy) is 2. The van der Waals surface area contributed by atoms with Gasteiger partial charge >= 0.3 is 0 Å². The van der Waals surface area contributed by atoms with Crippen molar-refractivity contribution in [2.24, 2.45) is 0 Å². The Kier molecular flexibility index (Phi) is 6.76. The van der Waals surface area contributed by atoms with E-state index in [4.69, 9.17) is 9.47 Å². The topological polar surface area (TPSA) is 114 Å². The molecule has 2 aromatic rings. The van der Waals surface area contributed by atoms with E-state index in [9.17, 15) is 22.4 Å². The summed E-state index contributed by atoms with van der Waals surface area (Å²) in [4.78, 5) is 26.5. The summed E-state index contributed by atoms with van der Waals surface area (Å²) in [7, 11) is -0.729. The molecule has 4 rings (SSSR count). The van der Waals surface area contributed by atoms with Gasteiger partial charge in [-0.25, -0.2) is 12.8 Å². The van der Waals surface area contributed by atoms with E-state index in [1.807, 2.05) is 0 Å². The summed E-state index contributed by atoms with van der Waals surface area (Å²) in [6.45, 7) is 0.181. The summed E-state index contributed by atoms with van der Waals surface area (Å²) < 4.78 is 52.9. The van der Waals surface area contributed by atoms with Crippen molar-refractivity contribution < 1.29 is 31.9 Å². The maximum absolute atomic E-state index is 13.3. The first-order valence-corrected chi connectivity index (χ1v) is 12.3. The third kappa shape index (κ3) is 5.00. The number of carbonyl (C=O) groups excluding carboxylic acids is 2. The minimum atomic E-state index is -3.98. The average Bonchev–Trinajstić information content (AvgIpc) is 2.81. The molecule has 2 aromatic carbocycles. The van der Waals surface area contributed by atoms with Gasteiger partial charge in [0, 0.05) is 19.8 Å². The summed E-state index contributed by atoms with van der Waals surface area (Å²) in [6.07, 6.45) is 0.851. The first-order chi connectivity index (χ1) is 16.2. The van der Waals surface area contributed by atoms with Crippen molar-refractivity contribution in [2.45, 2.75) is 42.4 Å². The number of halogens is 1. The second-order valence-corrected chi connectivity index (χ2v) is 10.00. The highest BCUT2D eigenvalue weighted by molar-refractivity contribution is 7.92. The molecule has 2 heterocycles. The van der Waals surface area contributed by atoms with Gasteiger partial charge in [0.05, 0.1) is 29.0 Å². The number of anilines is 1. The van der Waals surface area contributed by atoms with Gasteiger partial charge in [0.1, 0.15) is 24.3 Å². The zero-order chi connectivity index (χ0) is 24.5. The van der Waals surface area contributed by atoms with Crippen molar-refractivity contribution in [1.29, 1.82) is 0 Å². The monoisotopic (exact) mass is 491 g/mol. The summed E-state index contributed by atoms with van der Waals surface area (Å²) in [6, 6.07) is 8.63. The molecule has 182 valence electrons. The second kappa shape index (κ2) is 9.59. The summed E-state index contributed by atoms with van der Waals surface area (Å²) in [5.74, 6) is -0.686. The van der Waals surface area contributed by atoms with Gasteiger partial charge < -0.3 is 19.7 Å². The van der Waals surface area contributed by atoms with Gasteiger partial charge in [0.2, 0.25) is 5.91 Å². The van der Waals surface area contributed by atoms with E-state index < -0.39 is 21.9 Å². The van der Waals surface area contributed by atoms with Crippen molar-refractivity contribution in [1.82, 2.24) is 10.2 Å². The molecule has 0 aliphatic carbocycles. The largest absolute Gasteiger partial charge is 0.490 e. The number of sulfonamides is 1. The van der Waals surface area contributed by atoms with Crippen molar-refractivity contribution >= 4 is 27.5 Å². The number of fused-ring (bicyclic) bond motifs is 2. The predicted octanol–water partition coefficient (Wildman–Crippen LogP) is 2.14. The lowest BCUT2D eigenvalue weighted by atomic mass is 9.94. The van der Waals surface area contributed by atoms with E-state index in [0.29, 0.717) is 18.6 Å². The van der Waals surface area contributed by atoms with Crippen molar-refractivity contribution in [3.8, 4) is 5.75 Å². The molecule has 1 saturated heterocycles. The number of likely N-dealkylation sites (N-methyl/N-ethyl adjacent to an activating group) is 1. The molecule has 0 aromatic heterocycles. The van der Waals surface area contributed by atoms with Crippen LogP contribution < -0.4 is 14.8 Å². The van der Waals surface area contributed by atoms with Crippen LogP contribution in [0.4, 0.5) is 10.1 Å². The van der Waals surface area contributed by atoms with Crippen molar-refractivity contribution in [3.63, 3.8) is 0 Å². The number of amides is 2. The fourth-order valence-corrected chi connectivity index (χ4v) is 5.28. The van der Waals surface area contributed by atoms with Crippen LogP contribution in [-0.2, 0) is 19.6 Å². The Labute approximate surface area is 197 Å². The van der Waals surface area contributed by atoms with Crippen LogP contribution in [0.1, 0.15) is 29.6 Å². The van der Waals surface area contributed by atoms with Crippen LogP contribution >= 0.6 is 0 Å². The van der Waals surface area contributed by atoms with E-state index in [0.717, 1.165) is 24.3 Å². The molecule has 11 heteroatoms. The molecule has 2 aliphatic heterocycles. The SMILES string of the molecule is CNC(=O)C[C@@H]1CC[C@H]2[C@@H](COc3ccc(NS(=O)(=O)c4ccc(F)cc4)cc3C(=O)N2C)O1. The predicted molar refractivity (Wildman–Crippen MR) is 122 cm³/mol. The third-order valence-electron chi connectivity index (χ3n) is 6.08. The van der Waals surface area contributed by atoms with Gasteiger partial charge in [-0.05, 0) is 55.3 Å². The lowest BCUT2D eigenvalue weighted by Crippen LogP contribution is -2.53. The van der Waals surface area contributed by atoms with Crippen LogP contribution in [-0.4, -0.2) is 64.1 Å². The lowest BCUT2D eigenvalue weighted by molar-refractivity contribution is -0.133. The standard InChI is InChI=1S/C23H26FN3O6S/c1-25-22(28)12-16-6-9-19-21(33-16)13-32-20-10-5-15(11-18(20)23(29)27(19)2)26-34(30,31)17-7-3-14(24)4-8-17/h3-5,7-8,10-11,16,19,21,26H,6,9,12-13H2,1-2H3,(H,25,28)/t16-,19-,21+/m0/s1. The maximum Gasteiger partial charge on any atom is 0.261 e. The van der Waals surface area contributed by atoms with Gasteiger partial charge in [-0.3, -0.25) is 14.3 Å². The summed E-state index contributed by atoms with van der Waals surface area (Å²) in [5.41, 5.74) is 0.392. The zero-order valence-electron chi connectivity index (χ0n) is 18.8. The fourth-order valence-electron chi connectivity index (χ4n) is 4.23. The highest BCUT2D eigenvalue weighted by atomic mass is 32.2.